The van der Waals surface area contributed by atoms with E-state index in [4.69, 9.17) is 0 Å². The van der Waals surface area contributed by atoms with Crippen molar-refractivity contribution in [3.8, 4) is 0 Å². The minimum absolute atomic E-state index is 0.312. The largest absolute Gasteiger partial charge is 0.319 e. The quantitative estimate of drug-likeness (QED) is 0.624. The van der Waals surface area contributed by atoms with Gasteiger partial charge in [0.1, 0.15) is 0 Å². The Bertz CT molecular complexity index is 110. The van der Waals surface area contributed by atoms with Gasteiger partial charge in [-0.25, -0.2) is 0 Å². The summed E-state index contributed by atoms with van der Waals surface area (Å²) < 4.78 is 0. The highest BCUT2D eigenvalue weighted by atomic mass is 32.1. The van der Waals surface area contributed by atoms with Crippen LogP contribution in [0.4, 0.5) is 0 Å². The second-order valence-corrected chi connectivity index (χ2v) is 4.73. The molecule has 1 nitrogen and oxygen atoms in total. The lowest BCUT2D eigenvalue weighted by atomic mass is 9.77. The van der Waals surface area contributed by atoms with Crippen LogP contribution < -0.4 is 5.32 Å². The summed E-state index contributed by atoms with van der Waals surface area (Å²) in [5.41, 5.74) is 0.312. The summed E-state index contributed by atoms with van der Waals surface area (Å²) in [6, 6.07) is 0. The van der Waals surface area contributed by atoms with E-state index >= 15 is 0 Å². The van der Waals surface area contributed by atoms with Gasteiger partial charge in [-0.05, 0) is 24.9 Å². The van der Waals surface area contributed by atoms with E-state index < -0.39 is 0 Å². The van der Waals surface area contributed by atoms with Gasteiger partial charge in [-0.1, -0.05) is 27.7 Å². The molecule has 1 N–H and O–H groups in total. The molecule has 0 saturated carbocycles. The molecule has 2 atom stereocenters. The molecule has 0 bridgehead atoms. The van der Waals surface area contributed by atoms with Crippen LogP contribution in [0.5, 0.6) is 0 Å². The van der Waals surface area contributed by atoms with Gasteiger partial charge >= 0.3 is 0 Å². The maximum Gasteiger partial charge on any atom is 0.00426 e. The summed E-state index contributed by atoms with van der Waals surface area (Å²) >= 11 is 4.48. The minimum atomic E-state index is 0.312. The van der Waals surface area contributed by atoms with Gasteiger partial charge in [-0.15, -0.1) is 0 Å². The summed E-state index contributed by atoms with van der Waals surface area (Å²) in [6.07, 6.45) is 0. The van der Waals surface area contributed by atoms with Gasteiger partial charge in [0.25, 0.3) is 0 Å². The Kier molecular flexibility index (Phi) is 4.49. The SMILES string of the molecule is CNCC(C)C(C)(C)C(C)S. The van der Waals surface area contributed by atoms with Gasteiger partial charge in [0, 0.05) is 5.25 Å². The smallest absolute Gasteiger partial charge is 0.00426 e. The van der Waals surface area contributed by atoms with E-state index in [1.165, 1.54) is 0 Å². The van der Waals surface area contributed by atoms with Gasteiger partial charge < -0.3 is 5.32 Å². The molecule has 0 aliphatic rings. The first-order valence-corrected chi connectivity index (χ1v) is 4.77. The molecule has 0 aromatic carbocycles. The van der Waals surface area contributed by atoms with E-state index in [1.54, 1.807) is 0 Å². The average Bonchev–Trinajstić information content (AvgIpc) is 1.88. The zero-order valence-electron chi connectivity index (χ0n) is 8.31. The summed E-state index contributed by atoms with van der Waals surface area (Å²) in [5.74, 6) is 0.667. The van der Waals surface area contributed by atoms with Gasteiger partial charge in [0.2, 0.25) is 0 Å². The van der Waals surface area contributed by atoms with Crippen LogP contribution in [0.1, 0.15) is 27.7 Å². The van der Waals surface area contributed by atoms with Crippen LogP contribution in [0.15, 0.2) is 0 Å². The van der Waals surface area contributed by atoms with Crippen molar-refractivity contribution >= 4 is 12.6 Å². The van der Waals surface area contributed by atoms with Crippen molar-refractivity contribution in [3.63, 3.8) is 0 Å². The molecule has 11 heavy (non-hydrogen) atoms. The summed E-state index contributed by atoms with van der Waals surface area (Å²) in [7, 11) is 2.00. The molecule has 68 valence electrons. The van der Waals surface area contributed by atoms with Crippen LogP contribution in [-0.4, -0.2) is 18.8 Å². The van der Waals surface area contributed by atoms with Crippen LogP contribution in [0, 0.1) is 11.3 Å². The van der Waals surface area contributed by atoms with Gasteiger partial charge in [0.15, 0.2) is 0 Å². The Morgan fingerprint density at radius 3 is 2.09 bits per heavy atom. The fourth-order valence-corrected chi connectivity index (χ4v) is 1.24. The number of hydrogen-bond donors (Lipinski definition) is 2. The highest BCUT2D eigenvalue weighted by Crippen LogP contribution is 2.32. The summed E-state index contributed by atoms with van der Waals surface area (Å²) in [4.78, 5) is 0. The molecule has 0 aromatic heterocycles. The number of hydrogen-bond acceptors (Lipinski definition) is 2. The molecule has 0 aliphatic carbocycles. The zero-order valence-corrected chi connectivity index (χ0v) is 9.20. The molecular weight excluding hydrogens is 154 g/mol. The molecule has 0 aliphatic heterocycles. The van der Waals surface area contributed by atoms with Crippen molar-refractivity contribution in [3.05, 3.63) is 0 Å². The van der Waals surface area contributed by atoms with Gasteiger partial charge in [-0.3, -0.25) is 0 Å². The third kappa shape index (κ3) is 3.04. The highest BCUT2D eigenvalue weighted by Gasteiger charge is 2.29. The Labute approximate surface area is 76.4 Å². The lowest BCUT2D eigenvalue weighted by Crippen LogP contribution is -2.35. The lowest BCUT2D eigenvalue weighted by Gasteiger charge is -2.35. The zero-order chi connectivity index (χ0) is 9.07. The highest BCUT2D eigenvalue weighted by molar-refractivity contribution is 7.81. The molecule has 0 amide bonds. The number of nitrogens with one attached hydrogen (secondary N) is 1. The third-order valence-corrected chi connectivity index (χ3v) is 3.52. The maximum absolute atomic E-state index is 4.48. The molecule has 0 saturated heterocycles. The number of rotatable bonds is 4. The molecule has 2 unspecified atom stereocenters. The van der Waals surface area contributed by atoms with Crippen LogP contribution in [-0.2, 0) is 0 Å². The Balaban J connectivity index is 4.05. The summed E-state index contributed by atoms with van der Waals surface area (Å²) in [6.45, 7) is 10.0. The van der Waals surface area contributed by atoms with Crippen LogP contribution in [0.2, 0.25) is 0 Å². The molecular formula is C9H21NS. The minimum Gasteiger partial charge on any atom is -0.319 e. The van der Waals surface area contributed by atoms with Crippen LogP contribution in [0.3, 0.4) is 0 Å². The van der Waals surface area contributed by atoms with Crippen molar-refractivity contribution in [1.82, 2.24) is 5.32 Å². The van der Waals surface area contributed by atoms with Gasteiger partial charge in [0.05, 0.1) is 0 Å². The van der Waals surface area contributed by atoms with Crippen LogP contribution >= 0.6 is 12.6 Å². The normalized spacial score (nSPS) is 18.0. The maximum atomic E-state index is 4.48. The first-order chi connectivity index (χ1) is 4.92. The fraction of sp³-hybridized carbons (Fsp3) is 1.00. The standard InChI is InChI=1S/C9H21NS/c1-7(6-10-5)9(3,4)8(2)11/h7-8,10-11H,6H2,1-5H3. The predicted molar refractivity (Wildman–Crippen MR) is 55.3 cm³/mol. The summed E-state index contributed by atoms with van der Waals surface area (Å²) in [5, 5.41) is 3.64. The molecule has 0 spiro atoms. The average molecular weight is 175 g/mol. The molecule has 0 heterocycles. The van der Waals surface area contributed by atoms with Gasteiger partial charge in [-0.2, -0.15) is 12.6 Å². The second kappa shape index (κ2) is 4.36. The topological polar surface area (TPSA) is 12.0 Å². The molecule has 0 rings (SSSR count). The predicted octanol–water partition coefficient (Wildman–Crippen LogP) is 2.19. The molecule has 0 radical (unpaired) electrons. The number of thiol groups is 1. The van der Waals surface area contributed by atoms with Crippen molar-refractivity contribution in [2.75, 3.05) is 13.6 Å². The van der Waals surface area contributed by atoms with Crippen molar-refractivity contribution < 1.29 is 0 Å². The van der Waals surface area contributed by atoms with Crippen molar-refractivity contribution in [2.24, 2.45) is 11.3 Å². The van der Waals surface area contributed by atoms with E-state index in [1.807, 2.05) is 7.05 Å². The monoisotopic (exact) mass is 175 g/mol. The first-order valence-electron chi connectivity index (χ1n) is 4.25. The Morgan fingerprint density at radius 1 is 1.36 bits per heavy atom. The van der Waals surface area contributed by atoms with E-state index in [0.717, 1.165) is 6.54 Å². The molecule has 2 heteroatoms. The lowest BCUT2D eigenvalue weighted by molar-refractivity contribution is 0.228. The van der Waals surface area contributed by atoms with E-state index in [9.17, 15) is 0 Å². The van der Waals surface area contributed by atoms with E-state index in [2.05, 4.69) is 45.6 Å². The van der Waals surface area contributed by atoms with Crippen LogP contribution in [0.25, 0.3) is 0 Å². The van der Waals surface area contributed by atoms with E-state index in [-0.39, 0.29) is 0 Å². The molecule has 0 aromatic rings. The Hall–Kier alpha value is 0.310. The first kappa shape index (κ1) is 11.3. The van der Waals surface area contributed by atoms with E-state index in [0.29, 0.717) is 16.6 Å². The third-order valence-electron chi connectivity index (χ3n) is 2.86. The van der Waals surface area contributed by atoms with Crippen molar-refractivity contribution in [1.29, 1.82) is 0 Å². The fourth-order valence-electron chi connectivity index (χ4n) is 0.981. The molecule has 0 fully saturated rings. The Morgan fingerprint density at radius 2 is 1.82 bits per heavy atom. The second-order valence-electron chi connectivity index (χ2n) is 3.96. The van der Waals surface area contributed by atoms with Crippen molar-refractivity contribution in [2.45, 2.75) is 32.9 Å².